The Labute approximate surface area is 176 Å². The van der Waals surface area contributed by atoms with Gasteiger partial charge < -0.3 is 14.6 Å². The second kappa shape index (κ2) is 9.90. The molecule has 152 valence electrons. The van der Waals surface area contributed by atoms with Crippen LogP contribution in [0.25, 0.3) is 10.8 Å². The Kier molecular flexibility index (Phi) is 6.58. The number of rotatable bonds is 9. The molecule has 1 aromatic heterocycles. The van der Waals surface area contributed by atoms with E-state index in [2.05, 4.69) is 17.1 Å². The summed E-state index contributed by atoms with van der Waals surface area (Å²) >= 11 is 0. The van der Waals surface area contributed by atoms with Gasteiger partial charge in [-0.2, -0.15) is 0 Å². The van der Waals surface area contributed by atoms with Crippen LogP contribution < -0.4 is 9.47 Å². The number of benzene rings is 3. The Hall–Kier alpha value is -3.37. The van der Waals surface area contributed by atoms with Gasteiger partial charge in [-0.25, -0.2) is 0 Å². The van der Waals surface area contributed by atoms with Crippen LogP contribution in [0.4, 0.5) is 0 Å². The Morgan fingerprint density at radius 1 is 0.767 bits per heavy atom. The molecule has 1 atom stereocenters. The molecule has 0 fully saturated rings. The van der Waals surface area contributed by atoms with Gasteiger partial charge in [-0.1, -0.05) is 48.5 Å². The molecule has 0 saturated carbocycles. The summed E-state index contributed by atoms with van der Waals surface area (Å²) in [5.41, 5.74) is 2.26. The maximum Gasteiger partial charge on any atom is 0.120 e. The predicted octanol–water partition coefficient (Wildman–Crippen LogP) is 5.19. The molecule has 4 heteroatoms. The molecule has 0 aliphatic carbocycles. The lowest BCUT2D eigenvalue weighted by Gasteiger charge is -2.13. The number of hydrogen-bond acceptors (Lipinski definition) is 4. The highest BCUT2D eigenvalue weighted by molar-refractivity contribution is 5.85. The van der Waals surface area contributed by atoms with E-state index in [4.69, 9.17) is 9.47 Å². The number of pyridine rings is 1. The van der Waals surface area contributed by atoms with E-state index < -0.39 is 6.10 Å². The summed E-state index contributed by atoms with van der Waals surface area (Å²) in [7, 11) is 0. The molecule has 0 aliphatic heterocycles. The monoisotopic (exact) mass is 399 g/mol. The second-order valence-corrected chi connectivity index (χ2v) is 7.31. The Balaban J connectivity index is 1.30. The average Bonchev–Trinajstić information content (AvgIpc) is 2.81. The van der Waals surface area contributed by atoms with Gasteiger partial charge in [0.15, 0.2) is 0 Å². The van der Waals surface area contributed by atoms with Gasteiger partial charge in [0.05, 0.1) is 6.10 Å². The van der Waals surface area contributed by atoms with Crippen molar-refractivity contribution in [1.82, 2.24) is 4.98 Å². The first kappa shape index (κ1) is 19.9. The number of aliphatic hydroxyl groups excluding tert-OH is 1. The van der Waals surface area contributed by atoms with Crippen LogP contribution in [0, 0.1) is 0 Å². The van der Waals surface area contributed by atoms with Crippen molar-refractivity contribution >= 4 is 10.8 Å². The van der Waals surface area contributed by atoms with Gasteiger partial charge in [-0.3, -0.25) is 4.98 Å². The first-order valence-electron chi connectivity index (χ1n) is 10.2. The predicted molar refractivity (Wildman–Crippen MR) is 119 cm³/mol. The van der Waals surface area contributed by atoms with Gasteiger partial charge in [0, 0.05) is 12.4 Å². The standard InChI is InChI=1S/C26H25NO3/c28-24(11-8-20-7-4-14-27-17-20)19-30-26-13-10-22-15-25(12-9-23(22)16-26)29-18-21-5-2-1-3-6-21/h1-7,9-10,12-17,24,28H,8,11,18-19H2/t24-/m1/s1. The second-order valence-electron chi connectivity index (χ2n) is 7.31. The van der Waals surface area contributed by atoms with Crippen LogP contribution >= 0.6 is 0 Å². The first-order valence-corrected chi connectivity index (χ1v) is 10.2. The molecule has 4 nitrogen and oxygen atoms in total. The van der Waals surface area contributed by atoms with Crippen LogP contribution in [-0.4, -0.2) is 22.8 Å². The van der Waals surface area contributed by atoms with Crippen molar-refractivity contribution in [2.75, 3.05) is 6.61 Å². The molecule has 30 heavy (non-hydrogen) atoms. The zero-order valence-electron chi connectivity index (χ0n) is 16.8. The number of nitrogens with zero attached hydrogens (tertiary/aromatic N) is 1. The number of aryl methyl sites for hydroxylation is 1. The van der Waals surface area contributed by atoms with Crippen molar-refractivity contribution in [3.8, 4) is 11.5 Å². The van der Waals surface area contributed by atoms with Crippen molar-refractivity contribution < 1.29 is 14.6 Å². The molecular weight excluding hydrogens is 374 g/mol. The number of fused-ring (bicyclic) bond motifs is 1. The zero-order valence-corrected chi connectivity index (χ0v) is 16.8. The fourth-order valence-corrected chi connectivity index (χ4v) is 3.28. The van der Waals surface area contributed by atoms with Crippen LogP contribution in [0.1, 0.15) is 17.5 Å². The quantitative estimate of drug-likeness (QED) is 0.421. The highest BCUT2D eigenvalue weighted by atomic mass is 16.5. The number of ether oxygens (including phenoxy) is 2. The minimum Gasteiger partial charge on any atom is -0.491 e. The van der Waals surface area contributed by atoms with Gasteiger partial charge in [0.1, 0.15) is 24.7 Å². The van der Waals surface area contributed by atoms with Gasteiger partial charge in [-0.15, -0.1) is 0 Å². The maximum absolute atomic E-state index is 10.2. The van der Waals surface area contributed by atoms with Crippen molar-refractivity contribution in [2.24, 2.45) is 0 Å². The van der Waals surface area contributed by atoms with Crippen LogP contribution in [0.15, 0.2) is 91.3 Å². The molecule has 1 heterocycles. The molecule has 0 unspecified atom stereocenters. The number of hydrogen-bond donors (Lipinski definition) is 1. The van der Waals surface area contributed by atoms with E-state index in [1.54, 1.807) is 6.20 Å². The minimum atomic E-state index is -0.519. The van der Waals surface area contributed by atoms with E-state index in [-0.39, 0.29) is 6.61 Å². The molecular formula is C26H25NO3. The lowest BCUT2D eigenvalue weighted by atomic mass is 10.1. The smallest absolute Gasteiger partial charge is 0.120 e. The lowest BCUT2D eigenvalue weighted by Crippen LogP contribution is -2.18. The summed E-state index contributed by atoms with van der Waals surface area (Å²) < 4.78 is 11.7. The summed E-state index contributed by atoms with van der Waals surface area (Å²) in [6, 6.07) is 26.0. The summed E-state index contributed by atoms with van der Waals surface area (Å²) in [4.78, 5) is 4.10. The average molecular weight is 399 g/mol. The van der Waals surface area contributed by atoms with Gasteiger partial charge >= 0.3 is 0 Å². The third kappa shape index (κ3) is 5.58. The summed E-state index contributed by atoms with van der Waals surface area (Å²) in [5.74, 6) is 1.59. The molecule has 4 aromatic rings. The lowest BCUT2D eigenvalue weighted by molar-refractivity contribution is 0.100. The van der Waals surface area contributed by atoms with Crippen LogP contribution in [0.5, 0.6) is 11.5 Å². The molecule has 0 amide bonds. The van der Waals surface area contributed by atoms with Crippen LogP contribution in [0.2, 0.25) is 0 Å². The number of aliphatic hydroxyl groups is 1. The molecule has 3 aromatic carbocycles. The topological polar surface area (TPSA) is 51.6 Å². The molecule has 0 spiro atoms. The van der Waals surface area contributed by atoms with Gasteiger partial charge in [-0.05, 0) is 65.1 Å². The number of aromatic nitrogens is 1. The van der Waals surface area contributed by atoms with Gasteiger partial charge in [0.2, 0.25) is 0 Å². The summed E-state index contributed by atoms with van der Waals surface area (Å²) in [6.45, 7) is 0.814. The van der Waals surface area contributed by atoms with Crippen molar-refractivity contribution in [1.29, 1.82) is 0 Å². The van der Waals surface area contributed by atoms with E-state index >= 15 is 0 Å². The Morgan fingerprint density at radius 2 is 1.47 bits per heavy atom. The van der Waals surface area contributed by atoms with E-state index in [0.717, 1.165) is 39.8 Å². The minimum absolute atomic E-state index is 0.268. The fourth-order valence-electron chi connectivity index (χ4n) is 3.28. The summed E-state index contributed by atoms with van der Waals surface area (Å²) in [6.07, 6.45) is 4.48. The molecule has 0 saturated heterocycles. The van der Waals surface area contributed by atoms with Crippen molar-refractivity contribution in [3.63, 3.8) is 0 Å². The van der Waals surface area contributed by atoms with Crippen molar-refractivity contribution in [2.45, 2.75) is 25.6 Å². The first-order chi connectivity index (χ1) is 14.8. The largest absolute Gasteiger partial charge is 0.491 e. The molecule has 4 rings (SSSR count). The third-order valence-electron chi connectivity index (χ3n) is 4.96. The molecule has 0 radical (unpaired) electrons. The molecule has 1 N–H and O–H groups in total. The highest BCUT2D eigenvalue weighted by Gasteiger charge is 2.07. The van der Waals surface area contributed by atoms with E-state index in [1.165, 1.54) is 0 Å². The zero-order chi connectivity index (χ0) is 20.6. The maximum atomic E-state index is 10.2. The van der Waals surface area contributed by atoms with Gasteiger partial charge in [0.25, 0.3) is 0 Å². The SMILES string of the molecule is O[C@H](CCc1cccnc1)COc1ccc2cc(OCc3ccccc3)ccc2c1. The van der Waals surface area contributed by atoms with Crippen LogP contribution in [-0.2, 0) is 13.0 Å². The third-order valence-corrected chi connectivity index (χ3v) is 4.96. The fraction of sp³-hybridized carbons (Fsp3) is 0.192. The Bertz CT molecular complexity index is 1070. The summed E-state index contributed by atoms with van der Waals surface area (Å²) in [5, 5.41) is 12.4. The normalized spacial score (nSPS) is 11.9. The molecule has 0 aliphatic rings. The van der Waals surface area contributed by atoms with Crippen molar-refractivity contribution in [3.05, 3.63) is 102 Å². The van der Waals surface area contributed by atoms with E-state index in [0.29, 0.717) is 13.0 Å². The van der Waals surface area contributed by atoms with Crippen LogP contribution in [0.3, 0.4) is 0 Å². The van der Waals surface area contributed by atoms with E-state index in [1.807, 2.05) is 72.9 Å². The highest BCUT2D eigenvalue weighted by Crippen LogP contribution is 2.25. The molecule has 0 bridgehead atoms. The van der Waals surface area contributed by atoms with E-state index in [9.17, 15) is 5.11 Å². The Morgan fingerprint density at radius 3 is 2.17 bits per heavy atom.